The second-order valence-electron chi connectivity index (χ2n) is 7.14. The Hall–Kier alpha value is -2.13. The Balaban J connectivity index is 1.73. The second-order valence-corrected chi connectivity index (χ2v) is 7.14. The van der Waals surface area contributed by atoms with Crippen molar-refractivity contribution < 1.29 is 0 Å². The van der Waals surface area contributed by atoms with E-state index >= 15 is 0 Å². The van der Waals surface area contributed by atoms with E-state index in [2.05, 4.69) is 58.8 Å². The van der Waals surface area contributed by atoms with Crippen LogP contribution < -0.4 is 0 Å². The molecule has 0 unspecified atom stereocenters. The van der Waals surface area contributed by atoms with Crippen molar-refractivity contribution in [2.45, 2.75) is 39.8 Å². The molecule has 0 N–H and O–H groups in total. The predicted octanol–water partition coefficient (Wildman–Crippen LogP) is 3.88. The zero-order chi connectivity index (χ0) is 16.7. The first-order valence-electron chi connectivity index (χ1n) is 8.82. The van der Waals surface area contributed by atoms with E-state index in [4.69, 9.17) is 0 Å². The molecule has 0 aliphatic carbocycles. The van der Waals surface area contributed by atoms with Crippen LogP contribution in [0.25, 0.3) is 10.9 Å². The third-order valence-corrected chi connectivity index (χ3v) is 5.20. The van der Waals surface area contributed by atoms with Crippen molar-refractivity contribution in [3.63, 3.8) is 0 Å². The normalized spacial score (nSPS) is 15.0. The van der Waals surface area contributed by atoms with E-state index in [1.807, 2.05) is 13.1 Å². The van der Waals surface area contributed by atoms with Gasteiger partial charge in [0.1, 0.15) is 0 Å². The van der Waals surface area contributed by atoms with Crippen LogP contribution >= 0.6 is 0 Å². The molecule has 3 heteroatoms. The van der Waals surface area contributed by atoms with Gasteiger partial charge in [-0.1, -0.05) is 17.7 Å². The van der Waals surface area contributed by atoms with E-state index in [9.17, 15) is 0 Å². The van der Waals surface area contributed by atoms with Crippen LogP contribution in [-0.4, -0.2) is 28.0 Å². The molecule has 0 fully saturated rings. The van der Waals surface area contributed by atoms with Gasteiger partial charge in [0.15, 0.2) is 0 Å². The number of aryl methyl sites for hydroxylation is 4. The van der Waals surface area contributed by atoms with Crippen molar-refractivity contribution in [3.05, 3.63) is 64.6 Å². The predicted molar refractivity (Wildman–Crippen MR) is 99.4 cm³/mol. The summed E-state index contributed by atoms with van der Waals surface area (Å²) >= 11 is 0. The number of hydrogen-bond donors (Lipinski definition) is 0. The third kappa shape index (κ3) is 2.73. The topological polar surface area (TPSA) is 21.1 Å². The van der Waals surface area contributed by atoms with Gasteiger partial charge in [0.2, 0.25) is 0 Å². The SMILES string of the molecule is Cc1ccc2c(c1)c1c(n2CCc2ccc(C)nc2)CCN([11CH3])C1. The largest absolute Gasteiger partial charge is 0.344 e. The molecule has 24 heavy (non-hydrogen) atoms. The minimum Gasteiger partial charge on any atom is -0.344 e. The number of aromatic nitrogens is 2. The highest BCUT2D eigenvalue weighted by molar-refractivity contribution is 5.86. The Morgan fingerprint density at radius 2 is 2.00 bits per heavy atom. The van der Waals surface area contributed by atoms with Crippen molar-refractivity contribution in [2.24, 2.45) is 0 Å². The summed E-state index contributed by atoms with van der Waals surface area (Å²) in [6.07, 6.45) is 4.20. The van der Waals surface area contributed by atoms with Gasteiger partial charge >= 0.3 is 0 Å². The monoisotopic (exact) mass is 318 g/mol. The first-order valence-corrected chi connectivity index (χ1v) is 8.82. The molecule has 1 aliphatic rings. The molecule has 3 heterocycles. The first-order chi connectivity index (χ1) is 11.6. The maximum absolute atomic E-state index is 4.43. The number of nitrogens with zero attached hydrogens (tertiary/aromatic N) is 3. The van der Waals surface area contributed by atoms with Gasteiger partial charge in [0, 0.05) is 54.5 Å². The molecule has 0 radical (unpaired) electrons. The highest BCUT2D eigenvalue weighted by Gasteiger charge is 2.22. The van der Waals surface area contributed by atoms with Crippen LogP contribution in [0.4, 0.5) is 0 Å². The fraction of sp³-hybridized carbons (Fsp3) is 0.381. The lowest BCUT2D eigenvalue weighted by Crippen LogP contribution is -2.27. The number of fused-ring (bicyclic) bond motifs is 3. The maximum Gasteiger partial charge on any atom is 0.0486 e. The van der Waals surface area contributed by atoms with E-state index in [1.54, 1.807) is 0 Å². The van der Waals surface area contributed by atoms with Crippen LogP contribution in [0.1, 0.15) is 28.1 Å². The standard InChI is InChI=1S/C21H25N3/c1-15-4-7-20-18(12-15)19-14-23(3)10-9-21(19)24(20)11-8-17-6-5-16(2)22-13-17/h4-7,12-13H,8-11,14H2,1-3H3/i3-1. The minimum absolute atomic E-state index is 1.03. The van der Waals surface area contributed by atoms with Gasteiger partial charge in [-0.2, -0.15) is 0 Å². The first kappa shape index (κ1) is 15.4. The highest BCUT2D eigenvalue weighted by atomic mass is 15.1. The number of likely N-dealkylation sites (N-methyl/N-ethyl adjacent to an activating group) is 1. The zero-order valence-electron chi connectivity index (χ0n) is 14.8. The molecule has 0 amide bonds. The maximum atomic E-state index is 4.43. The van der Waals surface area contributed by atoms with Gasteiger partial charge in [-0.15, -0.1) is 0 Å². The lowest BCUT2D eigenvalue weighted by atomic mass is 10.0. The van der Waals surface area contributed by atoms with Crippen LogP contribution in [0.15, 0.2) is 36.5 Å². The van der Waals surface area contributed by atoms with E-state index in [0.29, 0.717) is 0 Å². The summed E-state index contributed by atoms with van der Waals surface area (Å²) in [5.41, 5.74) is 8.20. The summed E-state index contributed by atoms with van der Waals surface area (Å²) in [6, 6.07) is 11.2. The molecule has 3 aromatic rings. The summed E-state index contributed by atoms with van der Waals surface area (Å²) in [5, 5.41) is 1.44. The molecule has 4 rings (SSSR count). The zero-order valence-corrected chi connectivity index (χ0v) is 14.8. The Morgan fingerprint density at radius 1 is 1.12 bits per heavy atom. The molecule has 0 bridgehead atoms. The molecule has 1 aliphatic heterocycles. The average molecular weight is 318 g/mol. The van der Waals surface area contributed by atoms with Crippen molar-refractivity contribution >= 4 is 10.9 Å². The van der Waals surface area contributed by atoms with Crippen molar-refractivity contribution in [3.8, 4) is 0 Å². The van der Waals surface area contributed by atoms with E-state index in [-0.39, 0.29) is 0 Å². The van der Waals surface area contributed by atoms with E-state index < -0.39 is 0 Å². The number of pyridine rings is 1. The fourth-order valence-electron chi connectivity index (χ4n) is 3.84. The molecular weight excluding hydrogens is 293 g/mol. The lowest BCUT2D eigenvalue weighted by molar-refractivity contribution is 0.309. The molecule has 2 aromatic heterocycles. The molecule has 124 valence electrons. The molecule has 1 aromatic carbocycles. The van der Waals surface area contributed by atoms with Crippen molar-refractivity contribution in [1.29, 1.82) is 0 Å². The minimum atomic E-state index is 1.03. The number of benzene rings is 1. The summed E-state index contributed by atoms with van der Waals surface area (Å²) in [6.45, 7) is 7.47. The quantitative estimate of drug-likeness (QED) is 0.730. The smallest absolute Gasteiger partial charge is 0.0486 e. The Morgan fingerprint density at radius 3 is 2.79 bits per heavy atom. The molecule has 0 saturated carbocycles. The lowest BCUT2D eigenvalue weighted by Gasteiger charge is -2.24. The Bertz CT molecular complexity index is 874. The molecule has 3 nitrogen and oxygen atoms in total. The second kappa shape index (κ2) is 6.06. The van der Waals surface area contributed by atoms with Crippen LogP contribution in [0, 0.1) is 13.8 Å². The molecule has 0 atom stereocenters. The van der Waals surface area contributed by atoms with Gasteiger partial charge in [0.05, 0.1) is 0 Å². The summed E-state index contributed by atoms with van der Waals surface area (Å²) in [4.78, 5) is 6.86. The van der Waals surface area contributed by atoms with E-state index in [0.717, 1.165) is 38.2 Å². The van der Waals surface area contributed by atoms with E-state index in [1.165, 1.54) is 33.3 Å². The van der Waals surface area contributed by atoms with Gasteiger partial charge < -0.3 is 9.47 Å². The summed E-state index contributed by atoms with van der Waals surface area (Å²) < 4.78 is 2.55. The fourth-order valence-corrected chi connectivity index (χ4v) is 3.84. The third-order valence-electron chi connectivity index (χ3n) is 5.20. The summed E-state index contributed by atoms with van der Waals surface area (Å²) in [7, 11) is 2.22. The van der Waals surface area contributed by atoms with Crippen LogP contribution in [0.3, 0.4) is 0 Å². The highest BCUT2D eigenvalue weighted by Crippen LogP contribution is 2.31. The van der Waals surface area contributed by atoms with Crippen molar-refractivity contribution in [1.82, 2.24) is 14.5 Å². The van der Waals surface area contributed by atoms with Crippen LogP contribution in [-0.2, 0) is 25.9 Å². The van der Waals surface area contributed by atoms with Gasteiger partial charge in [-0.25, -0.2) is 0 Å². The summed E-state index contributed by atoms with van der Waals surface area (Å²) in [5.74, 6) is 0. The van der Waals surface area contributed by atoms with Gasteiger partial charge in [0.25, 0.3) is 0 Å². The molecular formula is C21H25N3. The van der Waals surface area contributed by atoms with Gasteiger partial charge in [-0.05, 0) is 56.6 Å². The number of hydrogen-bond acceptors (Lipinski definition) is 2. The molecule has 0 spiro atoms. The van der Waals surface area contributed by atoms with Gasteiger partial charge in [-0.3, -0.25) is 4.98 Å². The Kier molecular flexibility index (Phi) is 3.89. The average Bonchev–Trinajstić information content (AvgIpc) is 2.87. The Labute approximate surface area is 143 Å². The van der Waals surface area contributed by atoms with Crippen LogP contribution in [0.2, 0.25) is 0 Å². The molecule has 0 saturated heterocycles. The van der Waals surface area contributed by atoms with Crippen LogP contribution in [0.5, 0.6) is 0 Å². The van der Waals surface area contributed by atoms with Crippen molar-refractivity contribution in [2.75, 3.05) is 13.6 Å². The number of rotatable bonds is 3.